The van der Waals surface area contributed by atoms with Crippen LogP contribution in [0, 0.1) is 0 Å². The number of hydrogen-bond donors (Lipinski definition) is 1. The largest absolute Gasteiger partial charge is 1.00 e. The van der Waals surface area contributed by atoms with Crippen LogP contribution in [0.4, 0.5) is 0 Å². The molecule has 242 valence electrons. The summed E-state index contributed by atoms with van der Waals surface area (Å²) in [5, 5.41) is 10.2. The van der Waals surface area contributed by atoms with E-state index in [1.165, 1.54) is 87.5 Å². The van der Waals surface area contributed by atoms with Gasteiger partial charge in [0.05, 0.1) is 23.8 Å². The lowest BCUT2D eigenvalue weighted by molar-refractivity contribution is -0.545. The second kappa shape index (κ2) is 22.3. The van der Waals surface area contributed by atoms with Gasteiger partial charge in [-0.15, -0.1) is 0 Å². The lowest BCUT2D eigenvalue weighted by Crippen LogP contribution is -3.00. The van der Waals surface area contributed by atoms with E-state index >= 15 is 0 Å². The summed E-state index contributed by atoms with van der Waals surface area (Å²) in [6.07, 6.45) is 20.4. The second-order valence-corrected chi connectivity index (χ2v) is 12.5. The molecule has 1 heterocycles. The number of nitrogens with zero attached hydrogens (tertiary/aromatic N) is 1. The molecular formula is C36H54BrCl2NO3. The summed E-state index contributed by atoms with van der Waals surface area (Å²) >= 11 is 13.0. The van der Waals surface area contributed by atoms with Crippen LogP contribution in [0.2, 0.25) is 10.0 Å². The van der Waals surface area contributed by atoms with E-state index in [-0.39, 0.29) is 17.0 Å². The van der Waals surface area contributed by atoms with Crippen molar-refractivity contribution in [3.05, 3.63) is 57.1 Å². The molecule has 0 aromatic heterocycles. The van der Waals surface area contributed by atoms with Crippen molar-refractivity contribution in [1.29, 1.82) is 0 Å². The van der Waals surface area contributed by atoms with Gasteiger partial charge >= 0.3 is 0 Å². The van der Waals surface area contributed by atoms with E-state index in [2.05, 4.69) is 29.7 Å². The van der Waals surface area contributed by atoms with Crippen LogP contribution in [-0.4, -0.2) is 42.3 Å². The Hall–Kier alpha value is -1.27. The third kappa shape index (κ3) is 12.6. The number of aliphatic hydroxyl groups excluding tert-OH is 1. The van der Waals surface area contributed by atoms with Gasteiger partial charge in [-0.3, -0.25) is 0 Å². The van der Waals surface area contributed by atoms with Gasteiger partial charge in [-0.2, -0.15) is 0 Å². The number of halogens is 3. The molecule has 43 heavy (non-hydrogen) atoms. The molecule has 0 radical (unpaired) electrons. The molecule has 4 nitrogen and oxygen atoms in total. The van der Waals surface area contributed by atoms with Crippen LogP contribution in [0.3, 0.4) is 0 Å². The highest BCUT2D eigenvalue weighted by molar-refractivity contribution is 6.42. The van der Waals surface area contributed by atoms with Gasteiger partial charge in [0.25, 0.3) is 0 Å². The average Bonchev–Trinajstić information content (AvgIpc) is 3.00. The summed E-state index contributed by atoms with van der Waals surface area (Å²) in [5.41, 5.74) is 5.02. The molecule has 0 atom stereocenters. The highest BCUT2D eigenvalue weighted by Crippen LogP contribution is 2.37. The first kappa shape index (κ1) is 37.9. The van der Waals surface area contributed by atoms with E-state index in [0.29, 0.717) is 23.3 Å². The van der Waals surface area contributed by atoms with Gasteiger partial charge < -0.3 is 31.6 Å². The molecule has 3 rings (SSSR count). The quantitative estimate of drug-likeness (QED) is 0.105. The van der Waals surface area contributed by atoms with Crippen LogP contribution in [0.25, 0.3) is 0 Å². The zero-order valence-electron chi connectivity index (χ0n) is 26.6. The normalized spacial score (nSPS) is 12.7. The van der Waals surface area contributed by atoms with Gasteiger partial charge in [0, 0.05) is 36.1 Å². The van der Waals surface area contributed by atoms with E-state index in [1.54, 1.807) is 7.11 Å². The zero-order valence-corrected chi connectivity index (χ0v) is 29.7. The molecule has 2 aromatic carbocycles. The van der Waals surface area contributed by atoms with Crippen LogP contribution in [0.15, 0.2) is 30.3 Å². The molecule has 0 unspecified atom stereocenters. The predicted octanol–water partition coefficient (Wildman–Crippen LogP) is 7.20. The van der Waals surface area contributed by atoms with Gasteiger partial charge in [0.2, 0.25) is 0 Å². The van der Waals surface area contributed by atoms with Crippen LogP contribution >= 0.6 is 23.2 Å². The zero-order chi connectivity index (χ0) is 30.0. The average molecular weight is 700 g/mol. The summed E-state index contributed by atoms with van der Waals surface area (Å²) in [6, 6.07) is 10.3. The summed E-state index contributed by atoms with van der Waals surface area (Å²) in [5.74, 6) is 1.74. The van der Waals surface area contributed by atoms with Crippen LogP contribution in [0.5, 0.6) is 11.5 Å². The van der Waals surface area contributed by atoms with E-state index in [1.807, 2.05) is 12.1 Å². The van der Waals surface area contributed by atoms with E-state index < -0.39 is 0 Å². The standard InChI is InChI=1S/C36H54Cl2NO3.BrH/c1-3-4-5-6-7-8-9-12-15-21-33-30-22-23-34(41-2)36(42-27-17-14-11-10-13-16-26-40)31(30)24-25-39(33)28-29-19-18-20-32(37)35(29)38;/h18-20,22-23,40H,3-17,21,24-28H2,1-2H3;1H/q+1;/p-1. The monoisotopic (exact) mass is 697 g/mol. The van der Waals surface area contributed by atoms with E-state index in [0.717, 1.165) is 68.7 Å². The molecule has 1 aliphatic heterocycles. The molecule has 0 saturated carbocycles. The predicted molar refractivity (Wildman–Crippen MR) is 178 cm³/mol. The Kier molecular flexibility index (Phi) is 19.6. The lowest BCUT2D eigenvalue weighted by atomic mass is 9.91. The van der Waals surface area contributed by atoms with Crippen molar-refractivity contribution < 1.29 is 36.1 Å². The lowest BCUT2D eigenvalue weighted by Gasteiger charge is -2.23. The number of aliphatic hydroxyl groups is 1. The smallest absolute Gasteiger partial charge is 0.184 e. The Morgan fingerprint density at radius 2 is 1.47 bits per heavy atom. The van der Waals surface area contributed by atoms with Crippen molar-refractivity contribution in [2.24, 2.45) is 0 Å². The highest BCUT2D eigenvalue weighted by atomic mass is 79.9. The molecule has 1 aliphatic rings. The Balaban J connectivity index is 0.00000645. The second-order valence-electron chi connectivity index (χ2n) is 11.7. The number of rotatable bonds is 22. The number of methoxy groups -OCH3 is 1. The van der Waals surface area contributed by atoms with Crippen LogP contribution < -0.4 is 26.5 Å². The Bertz CT molecular complexity index is 1110. The van der Waals surface area contributed by atoms with Gasteiger partial charge in [0.15, 0.2) is 23.8 Å². The maximum atomic E-state index is 8.98. The molecule has 0 fully saturated rings. The summed E-state index contributed by atoms with van der Waals surface area (Å²) in [7, 11) is 1.74. The minimum Gasteiger partial charge on any atom is -1.00 e. The van der Waals surface area contributed by atoms with Gasteiger partial charge in [-0.1, -0.05) is 119 Å². The molecule has 2 aromatic rings. The molecule has 0 bridgehead atoms. The van der Waals surface area contributed by atoms with Crippen molar-refractivity contribution in [2.75, 3.05) is 26.9 Å². The molecule has 0 saturated heterocycles. The molecule has 1 N–H and O–H groups in total. The van der Waals surface area contributed by atoms with E-state index in [4.69, 9.17) is 37.8 Å². The fraction of sp³-hybridized carbons (Fsp3) is 0.639. The van der Waals surface area contributed by atoms with Gasteiger partial charge in [-0.05, 0) is 37.5 Å². The van der Waals surface area contributed by atoms with Gasteiger partial charge in [-0.25, -0.2) is 4.58 Å². The highest BCUT2D eigenvalue weighted by Gasteiger charge is 2.30. The SMILES string of the molecule is CCCCCCCCCCCC1=[N+](Cc2cccc(Cl)c2Cl)CCc2c1ccc(OC)c2OCCCCCCCCO.[Br-]. The summed E-state index contributed by atoms with van der Waals surface area (Å²) in [6.45, 7) is 4.94. The minimum atomic E-state index is 0. The van der Waals surface area contributed by atoms with Crippen molar-refractivity contribution in [3.8, 4) is 11.5 Å². The Morgan fingerprint density at radius 3 is 2.14 bits per heavy atom. The fourth-order valence-corrected chi connectivity index (χ4v) is 6.42. The van der Waals surface area contributed by atoms with Crippen LogP contribution in [0.1, 0.15) is 126 Å². The first-order chi connectivity index (χ1) is 20.6. The number of fused-ring (bicyclic) bond motifs is 1. The summed E-state index contributed by atoms with van der Waals surface area (Å²) < 4.78 is 14.7. The topological polar surface area (TPSA) is 41.7 Å². The maximum Gasteiger partial charge on any atom is 0.184 e. The van der Waals surface area contributed by atoms with Gasteiger partial charge in [0.1, 0.15) is 6.54 Å². The van der Waals surface area contributed by atoms with Crippen LogP contribution in [-0.2, 0) is 13.0 Å². The third-order valence-corrected chi connectivity index (χ3v) is 9.34. The molecule has 7 heteroatoms. The third-order valence-electron chi connectivity index (χ3n) is 8.48. The Morgan fingerprint density at radius 1 is 0.814 bits per heavy atom. The summed E-state index contributed by atoms with van der Waals surface area (Å²) in [4.78, 5) is 0. The number of benzene rings is 2. The van der Waals surface area contributed by atoms with Crippen molar-refractivity contribution in [2.45, 2.75) is 123 Å². The fourth-order valence-electron chi connectivity index (χ4n) is 6.04. The molecule has 0 spiro atoms. The first-order valence-electron chi connectivity index (χ1n) is 16.6. The molecule has 0 aliphatic carbocycles. The first-order valence-corrected chi connectivity index (χ1v) is 17.3. The molecule has 0 amide bonds. The molecular weight excluding hydrogens is 645 g/mol. The van der Waals surface area contributed by atoms with Crippen molar-refractivity contribution >= 4 is 28.9 Å². The maximum absolute atomic E-state index is 8.98. The number of ether oxygens (including phenoxy) is 2. The van der Waals surface area contributed by atoms with Crippen molar-refractivity contribution in [1.82, 2.24) is 0 Å². The number of hydrogen-bond acceptors (Lipinski definition) is 3. The van der Waals surface area contributed by atoms with E-state index in [9.17, 15) is 0 Å². The Labute approximate surface area is 281 Å². The van der Waals surface area contributed by atoms with Crippen molar-refractivity contribution in [3.63, 3.8) is 0 Å². The minimum absolute atomic E-state index is 0. The number of unbranched alkanes of at least 4 members (excludes halogenated alkanes) is 13.